The van der Waals surface area contributed by atoms with E-state index in [1.165, 1.54) is 10.9 Å². The quantitative estimate of drug-likeness (QED) is 0.456. The fourth-order valence-corrected chi connectivity index (χ4v) is 3.27. The summed E-state index contributed by atoms with van der Waals surface area (Å²) in [6, 6.07) is 1.68. The molecule has 0 aromatic carbocycles. The molecule has 2 aromatic heterocycles. The van der Waals surface area contributed by atoms with E-state index in [9.17, 15) is 20.0 Å². The first-order valence-electron chi connectivity index (χ1n) is 8.34. The summed E-state index contributed by atoms with van der Waals surface area (Å²) in [6.07, 6.45) is 3.68. The first kappa shape index (κ1) is 18.0. The van der Waals surface area contributed by atoms with Crippen LogP contribution >= 0.6 is 0 Å². The first-order valence-corrected chi connectivity index (χ1v) is 8.34. The zero-order valence-electron chi connectivity index (χ0n) is 14.1. The van der Waals surface area contributed by atoms with Gasteiger partial charge in [-0.1, -0.05) is 0 Å². The van der Waals surface area contributed by atoms with Gasteiger partial charge in [0.15, 0.2) is 0 Å². The SMILES string of the molecule is NC(=O)c1cc(C2CCCN(CC(O)Cn3cc([N+](=O)[O-])cn3)C2)[nH]n1. The number of primary amides is 1. The van der Waals surface area contributed by atoms with Gasteiger partial charge in [-0.15, -0.1) is 0 Å². The number of nitrogens with one attached hydrogen (secondary N) is 1. The van der Waals surface area contributed by atoms with Gasteiger partial charge in [0.2, 0.25) is 0 Å². The van der Waals surface area contributed by atoms with Crippen LogP contribution in [0.15, 0.2) is 18.5 Å². The second-order valence-electron chi connectivity index (χ2n) is 6.50. The second kappa shape index (κ2) is 7.62. The van der Waals surface area contributed by atoms with Crippen LogP contribution in [0, 0.1) is 10.1 Å². The molecule has 0 bridgehead atoms. The predicted octanol–water partition coefficient (Wildman–Crippen LogP) is -0.146. The van der Waals surface area contributed by atoms with Gasteiger partial charge in [0.25, 0.3) is 5.91 Å². The van der Waals surface area contributed by atoms with Gasteiger partial charge in [-0.3, -0.25) is 24.7 Å². The summed E-state index contributed by atoms with van der Waals surface area (Å²) in [5.74, 6) is -0.383. The van der Waals surface area contributed by atoms with E-state index in [0.29, 0.717) is 6.54 Å². The summed E-state index contributed by atoms with van der Waals surface area (Å²) in [6.45, 7) is 2.19. The topological polar surface area (TPSA) is 156 Å². The van der Waals surface area contributed by atoms with Crippen molar-refractivity contribution in [3.63, 3.8) is 0 Å². The van der Waals surface area contributed by atoms with Crippen molar-refractivity contribution in [2.75, 3.05) is 19.6 Å². The number of hydrogen-bond acceptors (Lipinski definition) is 7. The summed E-state index contributed by atoms with van der Waals surface area (Å²) in [4.78, 5) is 23.5. The minimum atomic E-state index is -0.698. The maximum absolute atomic E-state index is 11.2. The van der Waals surface area contributed by atoms with Crippen LogP contribution < -0.4 is 5.73 Å². The third-order valence-corrected chi connectivity index (χ3v) is 4.49. The number of aromatic nitrogens is 4. The summed E-state index contributed by atoms with van der Waals surface area (Å²) < 4.78 is 1.37. The van der Waals surface area contributed by atoms with Gasteiger partial charge in [-0.05, 0) is 25.5 Å². The molecule has 2 unspecified atom stereocenters. The number of likely N-dealkylation sites (tertiary alicyclic amines) is 1. The molecule has 2 atom stereocenters. The molecule has 4 N–H and O–H groups in total. The highest BCUT2D eigenvalue weighted by Gasteiger charge is 2.25. The normalized spacial score (nSPS) is 19.3. The van der Waals surface area contributed by atoms with Crippen LogP contribution in [0.1, 0.15) is 34.9 Å². The fraction of sp³-hybridized carbons (Fsp3) is 0.533. The van der Waals surface area contributed by atoms with E-state index < -0.39 is 16.9 Å². The van der Waals surface area contributed by atoms with E-state index in [-0.39, 0.29) is 23.8 Å². The monoisotopic (exact) mass is 363 g/mol. The third-order valence-electron chi connectivity index (χ3n) is 4.49. The van der Waals surface area contributed by atoms with E-state index >= 15 is 0 Å². The van der Waals surface area contributed by atoms with Gasteiger partial charge in [0, 0.05) is 24.7 Å². The highest BCUT2D eigenvalue weighted by atomic mass is 16.6. The zero-order chi connectivity index (χ0) is 18.7. The molecule has 0 aliphatic carbocycles. The molecule has 2 aromatic rings. The maximum Gasteiger partial charge on any atom is 0.306 e. The molecule has 11 heteroatoms. The van der Waals surface area contributed by atoms with Crippen LogP contribution in [-0.2, 0) is 6.54 Å². The third kappa shape index (κ3) is 4.24. The Kier molecular flexibility index (Phi) is 5.28. The lowest BCUT2D eigenvalue weighted by atomic mass is 9.94. The van der Waals surface area contributed by atoms with Crippen molar-refractivity contribution in [3.05, 3.63) is 40.0 Å². The number of rotatable bonds is 7. The lowest BCUT2D eigenvalue weighted by Gasteiger charge is -2.33. The minimum absolute atomic E-state index is 0.0975. The average molecular weight is 363 g/mol. The van der Waals surface area contributed by atoms with E-state index in [4.69, 9.17) is 5.73 Å². The average Bonchev–Trinajstić information content (AvgIpc) is 3.24. The highest BCUT2D eigenvalue weighted by Crippen LogP contribution is 2.26. The Balaban J connectivity index is 1.55. The zero-order valence-corrected chi connectivity index (χ0v) is 14.1. The number of aliphatic hydroxyl groups excluding tert-OH is 1. The Morgan fingerprint density at radius 2 is 2.35 bits per heavy atom. The number of carbonyl (C=O) groups is 1. The van der Waals surface area contributed by atoms with Crippen molar-refractivity contribution in [1.29, 1.82) is 0 Å². The number of nitrogens with zero attached hydrogens (tertiary/aromatic N) is 5. The molecule has 140 valence electrons. The standard InChI is InChI=1S/C15H21N7O4/c16-15(24)14-4-13(18-19-14)10-2-1-3-20(6-10)8-12(23)9-21-7-11(5-17-21)22(25)26/h4-5,7,10,12,23H,1-3,6,8-9H2,(H2,16,24)(H,18,19). The molecule has 0 radical (unpaired) electrons. The Morgan fingerprint density at radius 3 is 3.00 bits per heavy atom. The molecule has 0 saturated carbocycles. The van der Waals surface area contributed by atoms with Crippen LogP contribution in [-0.4, -0.2) is 66.6 Å². The number of H-pyrrole nitrogens is 1. The molecule has 1 aliphatic rings. The Hall–Kier alpha value is -2.79. The fourth-order valence-electron chi connectivity index (χ4n) is 3.27. The lowest BCUT2D eigenvalue weighted by molar-refractivity contribution is -0.385. The Bertz CT molecular complexity index is 787. The molecule has 1 aliphatic heterocycles. The maximum atomic E-state index is 11.2. The van der Waals surface area contributed by atoms with Crippen molar-refractivity contribution in [3.8, 4) is 0 Å². The van der Waals surface area contributed by atoms with Gasteiger partial charge in [-0.25, -0.2) is 0 Å². The lowest BCUT2D eigenvalue weighted by Crippen LogP contribution is -2.40. The van der Waals surface area contributed by atoms with Gasteiger partial charge in [-0.2, -0.15) is 10.2 Å². The first-order chi connectivity index (χ1) is 12.4. The van der Waals surface area contributed by atoms with Crippen LogP contribution in [0.4, 0.5) is 5.69 Å². The van der Waals surface area contributed by atoms with Crippen molar-refractivity contribution >= 4 is 11.6 Å². The largest absolute Gasteiger partial charge is 0.390 e. The Labute approximate surface area is 148 Å². The summed E-state index contributed by atoms with van der Waals surface area (Å²) in [7, 11) is 0. The molecule has 1 fully saturated rings. The number of β-amino-alcohol motifs (C(OH)–C–C–N with tert-alkyl or cyclic N) is 1. The van der Waals surface area contributed by atoms with Crippen molar-refractivity contribution < 1.29 is 14.8 Å². The number of nitrogens with two attached hydrogens (primary N) is 1. The highest BCUT2D eigenvalue weighted by molar-refractivity contribution is 5.90. The van der Waals surface area contributed by atoms with Gasteiger partial charge in [0.1, 0.15) is 18.1 Å². The van der Waals surface area contributed by atoms with Gasteiger partial charge in [0.05, 0.1) is 17.6 Å². The Morgan fingerprint density at radius 1 is 1.54 bits per heavy atom. The molecule has 1 saturated heterocycles. The smallest absolute Gasteiger partial charge is 0.306 e. The number of hydrogen-bond donors (Lipinski definition) is 3. The van der Waals surface area contributed by atoms with Crippen molar-refractivity contribution in [2.24, 2.45) is 5.73 Å². The van der Waals surface area contributed by atoms with Crippen molar-refractivity contribution in [2.45, 2.75) is 31.4 Å². The number of nitro groups is 1. The molecule has 11 nitrogen and oxygen atoms in total. The van der Waals surface area contributed by atoms with Gasteiger partial charge < -0.3 is 15.7 Å². The molecule has 3 heterocycles. The van der Waals surface area contributed by atoms with E-state index in [1.807, 2.05) is 0 Å². The molecular weight excluding hydrogens is 342 g/mol. The van der Waals surface area contributed by atoms with Crippen molar-refractivity contribution in [1.82, 2.24) is 24.9 Å². The van der Waals surface area contributed by atoms with Crippen LogP contribution in [0.2, 0.25) is 0 Å². The second-order valence-corrected chi connectivity index (χ2v) is 6.50. The number of aromatic amines is 1. The van der Waals surface area contributed by atoms with E-state index in [0.717, 1.165) is 37.8 Å². The van der Waals surface area contributed by atoms with Gasteiger partial charge >= 0.3 is 5.69 Å². The van der Waals surface area contributed by atoms with Crippen LogP contribution in [0.25, 0.3) is 0 Å². The molecule has 1 amide bonds. The van der Waals surface area contributed by atoms with E-state index in [2.05, 4.69) is 20.2 Å². The van der Waals surface area contributed by atoms with Crippen LogP contribution in [0.3, 0.4) is 0 Å². The number of aliphatic hydroxyl groups is 1. The minimum Gasteiger partial charge on any atom is -0.390 e. The summed E-state index contributed by atoms with van der Waals surface area (Å²) >= 11 is 0. The summed E-state index contributed by atoms with van der Waals surface area (Å²) in [5, 5.41) is 31.6. The predicted molar refractivity (Wildman–Crippen MR) is 90.4 cm³/mol. The van der Waals surface area contributed by atoms with E-state index in [1.54, 1.807) is 6.07 Å². The molecule has 3 rings (SSSR count). The number of amides is 1. The number of piperidine rings is 1. The molecule has 0 spiro atoms. The molecule has 26 heavy (non-hydrogen) atoms. The molecular formula is C15H21N7O4. The van der Waals surface area contributed by atoms with Crippen LogP contribution in [0.5, 0.6) is 0 Å². The summed E-state index contributed by atoms with van der Waals surface area (Å²) in [5.41, 5.74) is 6.21. The number of carbonyl (C=O) groups excluding carboxylic acids is 1.